The van der Waals surface area contributed by atoms with Crippen LogP contribution in [0, 0.1) is 17.8 Å². The van der Waals surface area contributed by atoms with E-state index >= 15 is 0 Å². The van der Waals surface area contributed by atoms with Gasteiger partial charge in [-0.1, -0.05) is 42.0 Å². The van der Waals surface area contributed by atoms with Crippen molar-refractivity contribution in [2.45, 2.75) is 25.7 Å². The molecule has 0 bridgehead atoms. The van der Waals surface area contributed by atoms with Gasteiger partial charge >= 0.3 is 0 Å². The van der Waals surface area contributed by atoms with Crippen molar-refractivity contribution in [3.63, 3.8) is 0 Å². The number of anilines is 1. The van der Waals surface area contributed by atoms with Crippen LogP contribution in [0.5, 0.6) is 23.0 Å². The van der Waals surface area contributed by atoms with Gasteiger partial charge in [-0.3, -0.25) is 24.1 Å². The van der Waals surface area contributed by atoms with Gasteiger partial charge in [0.25, 0.3) is 0 Å². The molecule has 4 aliphatic rings. The topological polar surface area (TPSA) is 119 Å². The van der Waals surface area contributed by atoms with Crippen molar-refractivity contribution in [2.24, 2.45) is 17.8 Å². The summed E-state index contributed by atoms with van der Waals surface area (Å²) in [5, 5.41) is 11.1. The Morgan fingerprint density at radius 1 is 0.837 bits per heavy atom. The van der Waals surface area contributed by atoms with Crippen molar-refractivity contribution in [3.8, 4) is 23.0 Å². The zero-order valence-corrected chi connectivity index (χ0v) is 27.6. The number of phenolic OH excluding ortho intramolecular Hbond substituents is 1. The Morgan fingerprint density at radius 3 is 2.31 bits per heavy atom. The summed E-state index contributed by atoms with van der Waals surface area (Å²) in [5.41, 5.74) is 4.18. The molecule has 1 fully saturated rings. The second-order valence-electron chi connectivity index (χ2n) is 12.7. The molecule has 7 rings (SSSR count). The molecule has 1 N–H and O–H groups in total. The third-order valence-electron chi connectivity index (χ3n) is 10.2. The Bertz CT molecular complexity index is 2050. The molecule has 2 amide bonds. The van der Waals surface area contributed by atoms with Crippen molar-refractivity contribution >= 4 is 41.2 Å². The predicted octanol–water partition coefficient (Wildman–Crippen LogP) is 6.22. The number of phenols is 1. The number of Topliss-reactive ketones (excluding diaryl/α,β-unsaturated/α-hetero) is 1. The standard InChI is InChI=1S/C40H35NO8/c1-21-18-31(43)35-29(38(21)44)20-28-26(36(35)37-30(42)6-5-7-33(37)49-4)15-16-27-34(28)40(46)41(39(27)45)24-12-9-22(10-13-24)8-11-23-19-25(47-2)14-17-32(23)48-3/h5-15,17-19,27-28,34,36,42H,16,20H2,1-4H3/t27-,28+,34-,36-/m0/s1. The molecular weight excluding hydrogens is 622 g/mol. The van der Waals surface area contributed by atoms with Crippen LogP contribution < -0.4 is 19.1 Å². The largest absolute Gasteiger partial charge is 0.507 e. The van der Waals surface area contributed by atoms with Crippen molar-refractivity contribution in [1.29, 1.82) is 0 Å². The van der Waals surface area contributed by atoms with Gasteiger partial charge in [-0.05, 0) is 79.8 Å². The first-order valence-electron chi connectivity index (χ1n) is 16.1. The molecule has 9 nitrogen and oxygen atoms in total. The smallest absolute Gasteiger partial charge is 0.238 e. The molecule has 0 aromatic heterocycles. The third-order valence-corrected chi connectivity index (χ3v) is 10.2. The highest BCUT2D eigenvalue weighted by atomic mass is 16.5. The summed E-state index contributed by atoms with van der Waals surface area (Å²) < 4.78 is 16.4. The molecule has 1 heterocycles. The minimum Gasteiger partial charge on any atom is -0.507 e. The summed E-state index contributed by atoms with van der Waals surface area (Å²) in [6, 6.07) is 17.5. The van der Waals surface area contributed by atoms with E-state index in [0.717, 1.165) is 16.7 Å². The number of methoxy groups -OCH3 is 3. The zero-order valence-electron chi connectivity index (χ0n) is 27.6. The van der Waals surface area contributed by atoms with Crippen molar-refractivity contribution < 1.29 is 38.5 Å². The van der Waals surface area contributed by atoms with Gasteiger partial charge in [0.1, 0.15) is 23.0 Å². The Balaban J connectivity index is 1.23. The summed E-state index contributed by atoms with van der Waals surface area (Å²) in [4.78, 5) is 56.7. The Hall–Kier alpha value is -5.70. The van der Waals surface area contributed by atoms with E-state index in [-0.39, 0.29) is 42.0 Å². The molecule has 0 spiro atoms. The number of carbonyl (C=O) groups excluding carboxylic acids is 4. The lowest BCUT2D eigenvalue weighted by atomic mass is 9.59. The average Bonchev–Trinajstić information content (AvgIpc) is 3.37. The number of nitrogens with zero attached hydrogens (tertiary/aromatic N) is 1. The van der Waals surface area contributed by atoms with E-state index in [1.165, 1.54) is 24.2 Å². The number of carbonyl (C=O) groups is 4. The number of fused-ring (bicyclic) bond motifs is 3. The number of aromatic hydroxyl groups is 1. The van der Waals surface area contributed by atoms with Gasteiger partial charge in [-0.2, -0.15) is 0 Å². The van der Waals surface area contributed by atoms with Crippen LogP contribution in [0.2, 0.25) is 0 Å². The van der Waals surface area contributed by atoms with Gasteiger partial charge in [0, 0.05) is 33.8 Å². The maximum Gasteiger partial charge on any atom is 0.238 e. The van der Waals surface area contributed by atoms with Crippen LogP contribution in [0.3, 0.4) is 0 Å². The van der Waals surface area contributed by atoms with Crippen molar-refractivity contribution in [2.75, 3.05) is 26.2 Å². The molecule has 1 aliphatic heterocycles. The number of ketones is 2. The quantitative estimate of drug-likeness (QED) is 0.138. The van der Waals surface area contributed by atoms with Crippen LogP contribution in [0.25, 0.3) is 12.2 Å². The number of rotatable bonds is 7. The molecule has 0 radical (unpaired) electrons. The van der Waals surface area contributed by atoms with Crippen LogP contribution in [0.4, 0.5) is 5.69 Å². The lowest BCUT2D eigenvalue weighted by Gasteiger charge is -2.42. The molecule has 1 saturated heterocycles. The fraction of sp³-hybridized carbons (Fsp3) is 0.250. The van der Waals surface area contributed by atoms with Crippen LogP contribution in [0.1, 0.15) is 42.4 Å². The molecule has 3 aromatic rings. The van der Waals surface area contributed by atoms with E-state index in [1.807, 2.05) is 48.6 Å². The Morgan fingerprint density at radius 2 is 1.59 bits per heavy atom. The summed E-state index contributed by atoms with van der Waals surface area (Å²) in [6.07, 6.45) is 7.50. The number of hydrogen-bond donors (Lipinski definition) is 1. The van der Waals surface area contributed by atoms with E-state index < -0.39 is 23.7 Å². The minimum atomic E-state index is -0.808. The fourth-order valence-electron chi connectivity index (χ4n) is 7.86. The normalized spacial score (nSPS) is 23.2. The lowest BCUT2D eigenvalue weighted by molar-refractivity contribution is -0.123. The van der Waals surface area contributed by atoms with E-state index in [9.17, 15) is 24.3 Å². The van der Waals surface area contributed by atoms with Crippen LogP contribution in [-0.4, -0.2) is 49.8 Å². The van der Waals surface area contributed by atoms with Gasteiger partial charge in [0.15, 0.2) is 11.6 Å². The van der Waals surface area contributed by atoms with Gasteiger partial charge in [0.2, 0.25) is 11.8 Å². The summed E-state index contributed by atoms with van der Waals surface area (Å²) in [5.74, 6) is -2.25. The van der Waals surface area contributed by atoms with Gasteiger partial charge < -0.3 is 19.3 Å². The second kappa shape index (κ2) is 12.4. The predicted molar refractivity (Wildman–Crippen MR) is 183 cm³/mol. The number of ether oxygens (including phenoxy) is 3. The zero-order chi connectivity index (χ0) is 34.6. The highest BCUT2D eigenvalue weighted by molar-refractivity contribution is 6.25. The van der Waals surface area contributed by atoms with Crippen LogP contribution in [0.15, 0.2) is 95.1 Å². The molecule has 4 atom stereocenters. The first kappa shape index (κ1) is 31.9. The Labute approximate surface area is 283 Å². The lowest BCUT2D eigenvalue weighted by Crippen LogP contribution is -2.40. The highest BCUT2D eigenvalue weighted by Gasteiger charge is 2.57. The maximum atomic E-state index is 14.3. The Kier molecular flexibility index (Phi) is 8.06. The summed E-state index contributed by atoms with van der Waals surface area (Å²) in [7, 11) is 4.68. The van der Waals surface area contributed by atoms with Gasteiger partial charge in [0.05, 0.1) is 38.9 Å². The van der Waals surface area contributed by atoms with Crippen LogP contribution in [-0.2, 0) is 19.2 Å². The van der Waals surface area contributed by atoms with E-state index in [4.69, 9.17) is 14.2 Å². The molecule has 9 heteroatoms. The van der Waals surface area contributed by atoms with Crippen molar-refractivity contribution in [1.82, 2.24) is 0 Å². The molecule has 49 heavy (non-hydrogen) atoms. The van der Waals surface area contributed by atoms with E-state index in [0.29, 0.717) is 45.2 Å². The maximum absolute atomic E-state index is 14.3. The minimum absolute atomic E-state index is 0.0826. The van der Waals surface area contributed by atoms with Crippen molar-refractivity contribution in [3.05, 3.63) is 112 Å². The fourth-order valence-corrected chi connectivity index (χ4v) is 7.86. The highest BCUT2D eigenvalue weighted by Crippen LogP contribution is 2.57. The molecule has 0 unspecified atom stereocenters. The molecule has 3 aliphatic carbocycles. The molecule has 0 saturated carbocycles. The second-order valence-corrected chi connectivity index (χ2v) is 12.7. The van der Waals surface area contributed by atoms with E-state index in [2.05, 4.69) is 0 Å². The number of allylic oxidation sites excluding steroid dienone is 6. The SMILES string of the molecule is COc1ccc(OC)c(C=Cc2ccc(N3C(=O)[C@H]4[C@H](CC=C5[C@H](c6c(O)cccc6OC)C6=C(C[C@H]54)C(=O)C(C)=CC6=O)C3=O)cc2)c1. The first-order chi connectivity index (χ1) is 23.7. The third kappa shape index (κ3) is 5.17. The number of hydrogen-bond acceptors (Lipinski definition) is 8. The number of benzene rings is 3. The molecular formula is C40H35NO8. The van der Waals surface area contributed by atoms with Gasteiger partial charge in [-0.25, -0.2) is 0 Å². The van der Waals surface area contributed by atoms with E-state index in [1.54, 1.807) is 45.4 Å². The van der Waals surface area contributed by atoms with Gasteiger partial charge in [-0.15, -0.1) is 0 Å². The first-order valence-corrected chi connectivity index (χ1v) is 16.1. The number of imide groups is 1. The van der Waals surface area contributed by atoms with Crippen LogP contribution >= 0.6 is 0 Å². The summed E-state index contributed by atoms with van der Waals surface area (Å²) in [6.45, 7) is 1.60. The number of amides is 2. The molecule has 3 aromatic carbocycles. The molecule has 248 valence electrons. The average molecular weight is 658 g/mol. The summed E-state index contributed by atoms with van der Waals surface area (Å²) >= 11 is 0. The monoisotopic (exact) mass is 657 g/mol.